The van der Waals surface area contributed by atoms with E-state index in [0.29, 0.717) is 30.4 Å². The highest BCUT2D eigenvalue weighted by atomic mass is 32.1. The van der Waals surface area contributed by atoms with Gasteiger partial charge in [-0.1, -0.05) is 48.5 Å². The Kier molecular flexibility index (Phi) is 11.8. The summed E-state index contributed by atoms with van der Waals surface area (Å²) in [7, 11) is 1.27. The highest BCUT2D eigenvalue weighted by Gasteiger charge is 2.38. The first kappa shape index (κ1) is 39.4. The van der Waals surface area contributed by atoms with Crippen LogP contribution in [-0.2, 0) is 31.9 Å². The van der Waals surface area contributed by atoms with Gasteiger partial charge in [-0.05, 0) is 47.9 Å². The van der Waals surface area contributed by atoms with E-state index < -0.39 is 24.3 Å². The number of primary amides is 1. The molecule has 8 rings (SSSR count). The molecule has 1 unspecified atom stereocenters. The van der Waals surface area contributed by atoms with Crippen LogP contribution < -0.4 is 11.1 Å². The molecular weight excluding hydrogens is 793 g/mol. The maximum Gasteiger partial charge on any atom is 0.407 e. The summed E-state index contributed by atoms with van der Waals surface area (Å²) < 4.78 is 10.0. The predicted molar refractivity (Wildman–Crippen MR) is 220 cm³/mol. The van der Waals surface area contributed by atoms with Crippen LogP contribution in [0.25, 0.3) is 33.6 Å². The number of carbonyl (C=O) groups excluding carboxylic acids is 4. The zero-order chi connectivity index (χ0) is 40.9. The van der Waals surface area contributed by atoms with Crippen molar-refractivity contribution in [3.8, 4) is 33.6 Å². The number of aromatic amines is 2. The van der Waals surface area contributed by atoms with E-state index in [0.717, 1.165) is 65.0 Å². The highest BCUT2D eigenvalue weighted by molar-refractivity contribution is 7.07. The van der Waals surface area contributed by atoms with Gasteiger partial charge in [0.2, 0.25) is 5.91 Å². The number of nitrogens with one attached hydrogen (secondary N) is 3. The number of hydrogen-bond donors (Lipinski definition) is 4. The Morgan fingerprint density at radius 3 is 1.71 bits per heavy atom. The van der Waals surface area contributed by atoms with Crippen LogP contribution in [0.3, 0.4) is 0 Å². The Labute approximate surface area is 347 Å². The summed E-state index contributed by atoms with van der Waals surface area (Å²) in [6.07, 6.45) is 4.29. The standard InChI is InChI=1S/C41H42N10O6S2/c1-56-41(55)49-30(16-28-20-58-22-45-28)38(52)50-14-2-4-33(50)36-43-18-31(47-36)26-10-6-24(7-11-26)25-8-12-27(13-9-25)32-19-44-37(48-32)34-5-3-15-51(34)39(53)35(57-40(42)54)17-29-21-59-23-46-29/h6-13,18-23,30,33-35H,2-5,14-17H2,1H3,(H2,42,54)(H,43,47)(H,44,48)(H,49,55)/t30-,33?,34-,35-/m0/s1. The van der Waals surface area contributed by atoms with E-state index in [-0.39, 0.29) is 36.7 Å². The molecule has 6 aromatic rings. The van der Waals surface area contributed by atoms with Gasteiger partial charge < -0.3 is 40.3 Å². The van der Waals surface area contributed by atoms with Crippen molar-refractivity contribution < 1.29 is 28.7 Å². The average molecular weight is 835 g/mol. The van der Waals surface area contributed by atoms with E-state index in [9.17, 15) is 19.2 Å². The Hall–Kier alpha value is -6.40. The SMILES string of the molecule is COC(=O)N[C@@H](Cc1cscn1)C(=O)N1CCCC1c1ncc(-c2ccc(-c3ccc(-c4cnc([C@@H]5CCCN5C(=O)[C@H](Cc5cscn5)OC(N)=O)[nH]4)cc3)cc2)[nH]1. The number of nitrogens with zero attached hydrogens (tertiary/aromatic N) is 6. The molecule has 6 heterocycles. The molecule has 0 aliphatic carbocycles. The van der Waals surface area contributed by atoms with Gasteiger partial charge in [0.1, 0.15) is 17.7 Å². The number of carbonyl (C=O) groups is 4. The van der Waals surface area contributed by atoms with Crippen molar-refractivity contribution in [3.63, 3.8) is 0 Å². The number of methoxy groups -OCH3 is 1. The number of benzene rings is 2. The number of hydrogen-bond acceptors (Lipinski definition) is 12. The number of alkyl carbamates (subject to hydrolysis) is 1. The molecule has 2 saturated heterocycles. The van der Waals surface area contributed by atoms with Crippen molar-refractivity contribution in [2.45, 2.75) is 62.8 Å². The van der Waals surface area contributed by atoms with E-state index in [2.05, 4.69) is 59.5 Å². The highest BCUT2D eigenvalue weighted by Crippen LogP contribution is 2.35. The minimum absolute atomic E-state index is 0.148. The fourth-order valence-electron chi connectivity index (χ4n) is 7.80. The summed E-state index contributed by atoms with van der Waals surface area (Å²) >= 11 is 2.84. The second kappa shape index (κ2) is 17.6. The maximum atomic E-state index is 13.8. The van der Waals surface area contributed by atoms with Crippen molar-refractivity contribution in [1.29, 1.82) is 0 Å². The van der Waals surface area contributed by atoms with Gasteiger partial charge in [-0.3, -0.25) is 9.59 Å². The fraction of sp³-hybridized carbons (Fsp3) is 0.317. The average Bonchev–Trinajstić information content (AvgIpc) is 4.11. The van der Waals surface area contributed by atoms with Crippen molar-refractivity contribution in [2.24, 2.45) is 5.73 Å². The first-order valence-corrected chi connectivity index (χ1v) is 21.1. The van der Waals surface area contributed by atoms with Crippen LogP contribution in [0.2, 0.25) is 0 Å². The lowest BCUT2D eigenvalue weighted by atomic mass is 10.0. The lowest BCUT2D eigenvalue weighted by Crippen LogP contribution is -2.49. The molecule has 0 radical (unpaired) electrons. The van der Waals surface area contributed by atoms with E-state index in [4.69, 9.17) is 15.2 Å². The molecule has 2 aliphatic rings. The van der Waals surface area contributed by atoms with Gasteiger partial charge >= 0.3 is 12.2 Å². The molecule has 2 fully saturated rings. The quantitative estimate of drug-likeness (QED) is 0.106. The minimum atomic E-state index is -1.07. The third-order valence-electron chi connectivity index (χ3n) is 10.7. The number of amides is 4. The minimum Gasteiger partial charge on any atom is -0.453 e. The van der Waals surface area contributed by atoms with Crippen LogP contribution in [-0.4, -0.2) is 96.0 Å². The van der Waals surface area contributed by atoms with Crippen molar-refractivity contribution >= 4 is 46.7 Å². The molecular formula is C41H42N10O6S2. The van der Waals surface area contributed by atoms with Crippen LogP contribution in [0, 0.1) is 0 Å². The lowest BCUT2D eigenvalue weighted by Gasteiger charge is -2.28. The van der Waals surface area contributed by atoms with Gasteiger partial charge in [-0.15, -0.1) is 22.7 Å². The van der Waals surface area contributed by atoms with Crippen LogP contribution in [0.15, 0.2) is 82.7 Å². The van der Waals surface area contributed by atoms with Crippen molar-refractivity contribution in [1.82, 2.24) is 45.0 Å². The van der Waals surface area contributed by atoms with Gasteiger partial charge in [0.25, 0.3) is 5.91 Å². The van der Waals surface area contributed by atoms with Crippen LogP contribution in [0.4, 0.5) is 9.59 Å². The van der Waals surface area contributed by atoms with Crippen LogP contribution in [0.5, 0.6) is 0 Å². The molecule has 0 spiro atoms. The summed E-state index contributed by atoms with van der Waals surface area (Å²) in [6.45, 7) is 1.06. The molecule has 2 aromatic carbocycles. The predicted octanol–water partition coefficient (Wildman–Crippen LogP) is 6.05. The summed E-state index contributed by atoms with van der Waals surface area (Å²) in [5.41, 5.74) is 15.7. The molecule has 4 atom stereocenters. The first-order chi connectivity index (χ1) is 28.7. The van der Waals surface area contributed by atoms with Gasteiger partial charge in [0.15, 0.2) is 6.10 Å². The number of ether oxygens (including phenoxy) is 2. The zero-order valence-corrected chi connectivity index (χ0v) is 33.7. The number of thiazole rings is 2. The lowest BCUT2D eigenvalue weighted by molar-refractivity contribution is -0.141. The first-order valence-electron chi connectivity index (χ1n) is 19.2. The maximum absolute atomic E-state index is 13.8. The molecule has 5 N–H and O–H groups in total. The molecule has 59 heavy (non-hydrogen) atoms. The Balaban J connectivity index is 0.912. The Morgan fingerprint density at radius 2 is 1.24 bits per heavy atom. The van der Waals surface area contributed by atoms with E-state index >= 15 is 0 Å². The summed E-state index contributed by atoms with van der Waals surface area (Å²) in [6, 6.07) is 15.0. The number of rotatable bonds is 13. The van der Waals surface area contributed by atoms with Crippen LogP contribution >= 0.6 is 22.7 Å². The molecule has 0 bridgehead atoms. The number of likely N-dealkylation sites (tertiary alicyclic amines) is 2. The topological polar surface area (TPSA) is 214 Å². The van der Waals surface area contributed by atoms with Crippen molar-refractivity contribution in [2.75, 3.05) is 20.2 Å². The van der Waals surface area contributed by atoms with E-state index in [1.807, 2.05) is 35.0 Å². The number of aromatic nitrogens is 6. The number of imidazole rings is 2. The fourth-order valence-corrected chi connectivity index (χ4v) is 8.94. The zero-order valence-electron chi connectivity index (χ0n) is 32.1. The molecule has 2 aliphatic heterocycles. The Morgan fingerprint density at radius 1 is 0.746 bits per heavy atom. The van der Waals surface area contributed by atoms with E-state index in [1.165, 1.54) is 29.8 Å². The number of nitrogens with two attached hydrogens (primary N) is 1. The molecule has 304 valence electrons. The van der Waals surface area contributed by atoms with Gasteiger partial charge in [0, 0.05) is 36.7 Å². The molecule has 4 amide bonds. The largest absolute Gasteiger partial charge is 0.453 e. The molecule has 0 saturated carbocycles. The van der Waals surface area contributed by atoms with Gasteiger partial charge in [0.05, 0.1) is 65.4 Å². The van der Waals surface area contributed by atoms with Gasteiger partial charge in [-0.2, -0.15) is 0 Å². The summed E-state index contributed by atoms with van der Waals surface area (Å²) in [5.74, 6) is 0.831. The molecule has 18 heteroatoms. The van der Waals surface area contributed by atoms with E-state index in [1.54, 1.807) is 33.2 Å². The second-order valence-electron chi connectivity index (χ2n) is 14.4. The summed E-state index contributed by atoms with van der Waals surface area (Å²) in [4.78, 5) is 79.4. The smallest absolute Gasteiger partial charge is 0.407 e. The summed E-state index contributed by atoms with van der Waals surface area (Å²) in [5, 5.41) is 6.37. The Bertz CT molecular complexity index is 2380. The normalized spacial score (nSPS) is 17.4. The van der Waals surface area contributed by atoms with Crippen LogP contribution in [0.1, 0.15) is 60.8 Å². The van der Waals surface area contributed by atoms with Gasteiger partial charge in [-0.25, -0.2) is 29.5 Å². The third kappa shape index (κ3) is 8.87. The molecule has 16 nitrogen and oxygen atoms in total. The third-order valence-corrected chi connectivity index (χ3v) is 12.0. The van der Waals surface area contributed by atoms with Crippen molar-refractivity contribution in [3.05, 3.63) is 106 Å². The second-order valence-corrected chi connectivity index (χ2v) is 15.8. The molecule has 4 aromatic heterocycles. The number of H-pyrrole nitrogens is 2. The monoisotopic (exact) mass is 834 g/mol.